The van der Waals surface area contributed by atoms with Gasteiger partial charge in [0.05, 0.1) is 11.6 Å². The average molecular weight is 319 g/mol. The van der Waals surface area contributed by atoms with E-state index in [1.807, 2.05) is 26.0 Å². The van der Waals surface area contributed by atoms with E-state index in [0.717, 1.165) is 42.5 Å². The number of hydrogen-bond donors (Lipinski definition) is 0. The largest absolute Gasteiger partial charge is 0.353 e. The SMILES string of the molecule is Cc1cc(N2CC3CC(C2)N3Cc2ccc(C#N)cc2)nc(C)n1. The molecule has 0 amide bonds. The highest BCUT2D eigenvalue weighted by Crippen LogP contribution is 2.35. The Morgan fingerprint density at radius 1 is 1.12 bits per heavy atom. The number of benzene rings is 1. The van der Waals surface area contributed by atoms with Crippen molar-refractivity contribution >= 4 is 5.82 Å². The summed E-state index contributed by atoms with van der Waals surface area (Å²) in [5.41, 5.74) is 3.04. The summed E-state index contributed by atoms with van der Waals surface area (Å²) in [6, 6.07) is 13.4. The molecule has 5 nitrogen and oxygen atoms in total. The predicted molar refractivity (Wildman–Crippen MR) is 92.6 cm³/mol. The Hall–Kier alpha value is -2.45. The molecule has 5 heteroatoms. The van der Waals surface area contributed by atoms with Gasteiger partial charge in [-0.2, -0.15) is 5.26 Å². The van der Waals surface area contributed by atoms with Crippen molar-refractivity contribution in [1.82, 2.24) is 14.9 Å². The van der Waals surface area contributed by atoms with Crippen molar-refractivity contribution in [1.29, 1.82) is 5.26 Å². The van der Waals surface area contributed by atoms with Gasteiger partial charge in [-0.15, -0.1) is 0 Å². The van der Waals surface area contributed by atoms with Crippen molar-refractivity contribution in [3.8, 4) is 6.07 Å². The number of piperazine rings is 1. The summed E-state index contributed by atoms with van der Waals surface area (Å²) in [5.74, 6) is 1.91. The van der Waals surface area contributed by atoms with Crippen LogP contribution in [0, 0.1) is 25.2 Å². The van der Waals surface area contributed by atoms with E-state index in [0.29, 0.717) is 12.1 Å². The molecule has 5 rings (SSSR count). The van der Waals surface area contributed by atoms with Crippen LogP contribution < -0.4 is 4.90 Å². The van der Waals surface area contributed by atoms with E-state index in [1.165, 1.54) is 12.0 Å². The van der Waals surface area contributed by atoms with Gasteiger partial charge in [-0.1, -0.05) is 12.1 Å². The summed E-state index contributed by atoms with van der Waals surface area (Å²) < 4.78 is 0. The van der Waals surface area contributed by atoms with Crippen LogP contribution in [-0.2, 0) is 6.54 Å². The molecule has 0 radical (unpaired) electrons. The van der Waals surface area contributed by atoms with Crippen molar-refractivity contribution in [2.24, 2.45) is 0 Å². The van der Waals surface area contributed by atoms with Gasteiger partial charge in [-0.05, 0) is 38.0 Å². The lowest BCUT2D eigenvalue weighted by Gasteiger charge is -2.56. The zero-order chi connectivity index (χ0) is 16.7. The Bertz CT molecular complexity index is 760. The van der Waals surface area contributed by atoms with Crippen LogP contribution in [-0.4, -0.2) is 40.0 Å². The Kier molecular flexibility index (Phi) is 3.70. The number of piperidine rings is 1. The van der Waals surface area contributed by atoms with Gasteiger partial charge in [0.2, 0.25) is 0 Å². The summed E-state index contributed by atoms with van der Waals surface area (Å²) >= 11 is 0. The van der Waals surface area contributed by atoms with Crippen LogP contribution in [0.2, 0.25) is 0 Å². The minimum atomic E-state index is 0.593. The highest BCUT2D eigenvalue weighted by atomic mass is 15.4. The number of hydrogen-bond acceptors (Lipinski definition) is 5. The number of aromatic nitrogens is 2. The Labute approximate surface area is 142 Å². The molecule has 24 heavy (non-hydrogen) atoms. The second-order valence-electron chi connectivity index (χ2n) is 6.84. The highest BCUT2D eigenvalue weighted by molar-refractivity contribution is 5.42. The number of anilines is 1. The smallest absolute Gasteiger partial charge is 0.132 e. The first kappa shape index (κ1) is 15.1. The fourth-order valence-electron chi connectivity index (χ4n) is 3.89. The molecule has 4 heterocycles. The van der Waals surface area contributed by atoms with Crippen LogP contribution in [0.3, 0.4) is 0 Å². The molecule has 2 aromatic rings. The summed E-state index contributed by atoms with van der Waals surface area (Å²) in [7, 11) is 0. The number of rotatable bonds is 3. The lowest BCUT2D eigenvalue weighted by Crippen LogP contribution is -2.68. The van der Waals surface area contributed by atoms with Crippen LogP contribution in [0.5, 0.6) is 0 Å². The third-order valence-corrected chi connectivity index (χ3v) is 5.07. The molecule has 0 aliphatic carbocycles. The molecule has 2 atom stereocenters. The molecule has 1 aromatic carbocycles. The van der Waals surface area contributed by atoms with Crippen LogP contribution in [0.25, 0.3) is 0 Å². The molecule has 3 saturated heterocycles. The van der Waals surface area contributed by atoms with E-state index in [4.69, 9.17) is 5.26 Å². The highest BCUT2D eigenvalue weighted by Gasteiger charge is 2.44. The number of aryl methyl sites for hydroxylation is 2. The number of nitrogens with zero attached hydrogens (tertiary/aromatic N) is 5. The summed E-state index contributed by atoms with van der Waals surface area (Å²) in [6.45, 7) is 7.01. The fourth-order valence-corrected chi connectivity index (χ4v) is 3.89. The van der Waals surface area contributed by atoms with Gasteiger partial charge in [0.15, 0.2) is 0 Å². The van der Waals surface area contributed by atoms with E-state index < -0.39 is 0 Å². The lowest BCUT2D eigenvalue weighted by atomic mass is 9.86. The molecular weight excluding hydrogens is 298 g/mol. The van der Waals surface area contributed by atoms with Gasteiger partial charge in [-0.25, -0.2) is 9.97 Å². The third kappa shape index (κ3) is 2.74. The number of fused-ring (bicyclic) bond motifs is 2. The molecule has 0 spiro atoms. The van der Waals surface area contributed by atoms with Crippen molar-refractivity contribution in [2.75, 3.05) is 18.0 Å². The Morgan fingerprint density at radius 3 is 2.46 bits per heavy atom. The van der Waals surface area contributed by atoms with Crippen LogP contribution in [0.15, 0.2) is 30.3 Å². The molecular formula is C19H21N5. The molecule has 0 saturated carbocycles. The second-order valence-corrected chi connectivity index (χ2v) is 6.84. The van der Waals surface area contributed by atoms with Crippen molar-refractivity contribution in [3.05, 3.63) is 53.0 Å². The zero-order valence-electron chi connectivity index (χ0n) is 14.1. The van der Waals surface area contributed by atoms with Crippen molar-refractivity contribution < 1.29 is 0 Å². The van der Waals surface area contributed by atoms with E-state index >= 15 is 0 Å². The number of nitriles is 1. The van der Waals surface area contributed by atoms with E-state index in [-0.39, 0.29) is 0 Å². The first-order valence-corrected chi connectivity index (χ1v) is 8.44. The van der Waals surface area contributed by atoms with Gasteiger partial charge in [0.25, 0.3) is 0 Å². The minimum absolute atomic E-state index is 0.593. The van der Waals surface area contributed by atoms with Crippen LogP contribution >= 0.6 is 0 Å². The quantitative estimate of drug-likeness (QED) is 0.869. The normalized spacial score (nSPS) is 22.8. The molecule has 2 unspecified atom stereocenters. The van der Waals surface area contributed by atoms with Gasteiger partial charge in [0.1, 0.15) is 11.6 Å². The maximum Gasteiger partial charge on any atom is 0.132 e. The molecule has 2 bridgehead atoms. The maximum atomic E-state index is 8.90. The van der Waals surface area contributed by atoms with Gasteiger partial charge < -0.3 is 4.90 Å². The lowest BCUT2D eigenvalue weighted by molar-refractivity contribution is -0.00870. The summed E-state index contributed by atoms with van der Waals surface area (Å²) in [5, 5.41) is 8.90. The van der Waals surface area contributed by atoms with Gasteiger partial charge >= 0.3 is 0 Å². The first-order chi connectivity index (χ1) is 11.6. The topological polar surface area (TPSA) is 56.0 Å². The second kappa shape index (κ2) is 5.88. The molecule has 1 aromatic heterocycles. The average Bonchev–Trinajstić information content (AvgIpc) is 2.59. The monoisotopic (exact) mass is 319 g/mol. The maximum absolute atomic E-state index is 8.90. The molecule has 0 N–H and O–H groups in total. The van der Waals surface area contributed by atoms with E-state index in [1.54, 1.807) is 0 Å². The molecule has 122 valence electrons. The van der Waals surface area contributed by atoms with Crippen molar-refractivity contribution in [2.45, 2.75) is 38.9 Å². The first-order valence-electron chi connectivity index (χ1n) is 8.44. The standard InChI is InChI=1S/C19H21N5/c1-13-7-19(22-14(2)21-13)23-11-17-8-18(12-23)24(17)10-16-5-3-15(9-20)4-6-16/h3-7,17-18H,8,10-12H2,1-2H3. The van der Waals surface area contributed by atoms with E-state index in [9.17, 15) is 0 Å². The van der Waals surface area contributed by atoms with Crippen LogP contribution in [0.4, 0.5) is 5.82 Å². The Morgan fingerprint density at radius 2 is 1.83 bits per heavy atom. The van der Waals surface area contributed by atoms with E-state index in [2.05, 4.69) is 44.0 Å². The van der Waals surface area contributed by atoms with Crippen LogP contribution in [0.1, 0.15) is 29.1 Å². The Balaban J connectivity index is 1.43. The predicted octanol–water partition coefficient (Wildman–Crippen LogP) is 2.43. The van der Waals surface area contributed by atoms with Crippen molar-refractivity contribution in [3.63, 3.8) is 0 Å². The zero-order valence-corrected chi connectivity index (χ0v) is 14.1. The minimum Gasteiger partial charge on any atom is -0.353 e. The summed E-state index contributed by atoms with van der Waals surface area (Å²) in [6.07, 6.45) is 1.27. The third-order valence-electron chi connectivity index (χ3n) is 5.07. The molecule has 3 aliphatic heterocycles. The van der Waals surface area contributed by atoms with Gasteiger partial charge in [-0.3, -0.25) is 4.90 Å². The molecule has 3 fully saturated rings. The molecule has 3 aliphatic rings. The summed E-state index contributed by atoms with van der Waals surface area (Å²) in [4.78, 5) is 14.0. The fraction of sp³-hybridized carbons (Fsp3) is 0.421. The van der Waals surface area contributed by atoms with Gasteiger partial charge in [0, 0.05) is 43.5 Å².